The number of aliphatic imine (C=N–C) groups is 1. The van der Waals surface area contributed by atoms with Gasteiger partial charge in [-0.3, -0.25) is 4.79 Å². The van der Waals surface area contributed by atoms with Crippen molar-refractivity contribution in [3.05, 3.63) is 89.9 Å². The van der Waals surface area contributed by atoms with E-state index in [9.17, 15) is 4.79 Å². The van der Waals surface area contributed by atoms with Crippen molar-refractivity contribution in [1.82, 2.24) is 4.90 Å². The van der Waals surface area contributed by atoms with Crippen LogP contribution in [0.4, 0.5) is 5.69 Å². The number of guanidine groups is 1. The Kier molecular flexibility index (Phi) is 5.98. The Morgan fingerprint density at radius 3 is 2.50 bits per heavy atom. The first-order valence-electron chi connectivity index (χ1n) is 10.4. The van der Waals surface area contributed by atoms with Crippen LogP contribution in [0.15, 0.2) is 82.4 Å². The minimum absolute atomic E-state index is 0.0237. The Morgan fingerprint density at radius 1 is 1.03 bits per heavy atom. The fraction of sp³-hybridized carbons (Fsp3) is 0.280. The van der Waals surface area contributed by atoms with Gasteiger partial charge in [-0.1, -0.05) is 48.0 Å². The predicted molar refractivity (Wildman–Crippen MR) is 120 cm³/mol. The summed E-state index contributed by atoms with van der Waals surface area (Å²) in [6.07, 6.45) is 4.08. The van der Waals surface area contributed by atoms with Crippen molar-refractivity contribution in [2.45, 2.75) is 32.2 Å². The Bertz CT molecular complexity index is 995. The Hall–Kier alpha value is -3.34. The van der Waals surface area contributed by atoms with Crippen LogP contribution in [-0.4, -0.2) is 36.4 Å². The lowest BCUT2D eigenvalue weighted by Crippen LogP contribution is -2.43. The zero-order chi connectivity index (χ0) is 20.9. The number of anilines is 1. The molecule has 0 saturated carbocycles. The van der Waals surface area contributed by atoms with Crippen molar-refractivity contribution in [3.63, 3.8) is 0 Å². The third kappa shape index (κ3) is 4.46. The summed E-state index contributed by atoms with van der Waals surface area (Å²) in [6, 6.07) is 21.6. The molecule has 1 unspecified atom stereocenters. The van der Waals surface area contributed by atoms with Gasteiger partial charge in [-0.25, -0.2) is 9.89 Å². The van der Waals surface area contributed by atoms with Gasteiger partial charge in [-0.15, -0.1) is 0 Å². The van der Waals surface area contributed by atoms with E-state index in [0.717, 1.165) is 42.0 Å². The topological polar surface area (TPSA) is 49.1 Å². The maximum absolute atomic E-state index is 13.3. The highest BCUT2D eigenvalue weighted by Crippen LogP contribution is 2.25. The fourth-order valence-corrected chi connectivity index (χ4v) is 3.72. The molecule has 30 heavy (non-hydrogen) atoms. The molecule has 1 aliphatic heterocycles. The Balaban J connectivity index is 1.54. The number of rotatable bonds is 7. The van der Waals surface area contributed by atoms with E-state index < -0.39 is 6.04 Å². The minimum Gasteiger partial charge on any atom is -0.469 e. The summed E-state index contributed by atoms with van der Waals surface area (Å²) in [6.45, 7) is 2.83. The van der Waals surface area contributed by atoms with E-state index in [0.29, 0.717) is 12.4 Å². The third-order valence-electron chi connectivity index (χ3n) is 5.38. The SMILES string of the molecule is Cc1ccc(N2C(=O)C(Cc3ccccc3)N=C2N(C)CCCc2ccco2)cc1. The zero-order valence-electron chi connectivity index (χ0n) is 17.5. The quantitative estimate of drug-likeness (QED) is 0.587. The molecule has 0 aliphatic carbocycles. The highest BCUT2D eigenvalue weighted by atomic mass is 16.3. The second-order valence-electron chi connectivity index (χ2n) is 7.75. The van der Waals surface area contributed by atoms with Crippen LogP contribution < -0.4 is 4.90 Å². The van der Waals surface area contributed by atoms with Crippen LogP contribution in [0, 0.1) is 6.92 Å². The van der Waals surface area contributed by atoms with Crippen LogP contribution in [0.5, 0.6) is 0 Å². The van der Waals surface area contributed by atoms with Crippen LogP contribution in [0.2, 0.25) is 0 Å². The van der Waals surface area contributed by atoms with E-state index in [1.54, 1.807) is 11.2 Å². The number of amides is 1. The first kappa shape index (κ1) is 20.0. The molecule has 0 radical (unpaired) electrons. The lowest BCUT2D eigenvalue weighted by molar-refractivity contribution is -0.118. The number of benzene rings is 2. The molecule has 3 aromatic rings. The van der Waals surface area contributed by atoms with Gasteiger partial charge in [0.25, 0.3) is 5.91 Å². The van der Waals surface area contributed by atoms with Gasteiger partial charge in [0.05, 0.1) is 12.0 Å². The monoisotopic (exact) mass is 401 g/mol. The lowest BCUT2D eigenvalue weighted by atomic mass is 10.1. The normalized spacial score (nSPS) is 16.1. The molecular formula is C25H27N3O2. The Labute approximate surface area is 177 Å². The molecule has 2 heterocycles. The number of carbonyl (C=O) groups excluding carboxylic acids is 1. The molecule has 0 N–H and O–H groups in total. The highest BCUT2D eigenvalue weighted by molar-refractivity contribution is 6.21. The van der Waals surface area contributed by atoms with E-state index in [1.165, 1.54) is 0 Å². The second kappa shape index (κ2) is 8.99. The number of furan rings is 1. The minimum atomic E-state index is -0.406. The van der Waals surface area contributed by atoms with E-state index >= 15 is 0 Å². The summed E-state index contributed by atoms with van der Waals surface area (Å²) in [5.74, 6) is 1.71. The van der Waals surface area contributed by atoms with E-state index in [-0.39, 0.29) is 5.91 Å². The molecule has 4 rings (SSSR count). The van der Waals surface area contributed by atoms with Gasteiger partial charge in [0.15, 0.2) is 0 Å². The molecule has 0 bridgehead atoms. The van der Waals surface area contributed by atoms with Crippen LogP contribution in [-0.2, 0) is 17.6 Å². The highest BCUT2D eigenvalue weighted by Gasteiger charge is 2.37. The molecule has 1 atom stereocenters. The first-order chi connectivity index (χ1) is 14.6. The van der Waals surface area contributed by atoms with Crippen molar-refractivity contribution in [1.29, 1.82) is 0 Å². The summed E-state index contributed by atoms with van der Waals surface area (Å²) in [7, 11) is 2.00. The number of nitrogens with zero attached hydrogens (tertiary/aromatic N) is 3. The van der Waals surface area contributed by atoms with Crippen molar-refractivity contribution in [3.8, 4) is 0 Å². The second-order valence-corrected chi connectivity index (χ2v) is 7.75. The maximum atomic E-state index is 13.3. The number of aryl methyl sites for hydroxylation is 2. The molecule has 5 nitrogen and oxygen atoms in total. The summed E-state index contributed by atoms with van der Waals surface area (Å²) in [5, 5.41) is 0. The molecule has 2 aromatic carbocycles. The van der Waals surface area contributed by atoms with Gasteiger partial charge >= 0.3 is 0 Å². The van der Waals surface area contributed by atoms with Crippen molar-refractivity contribution in [2.75, 3.05) is 18.5 Å². The number of hydrogen-bond donors (Lipinski definition) is 0. The average molecular weight is 402 g/mol. The van der Waals surface area contributed by atoms with Gasteiger partial charge in [-0.2, -0.15) is 0 Å². The predicted octanol–water partition coefficient (Wildman–Crippen LogP) is 4.47. The summed E-state index contributed by atoms with van der Waals surface area (Å²) in [5.41, 5.74) is 3.14. The molecule has 0 spiro atoms. The van der Waals surface area contributed by atoms with Crippen LogP contribution in [0.25, 0.3) is 0 Å². The third-order valence-corrected chi connectivity index (χ3v) is 5.38. The van der Waals surface area contributed by atoms with Gasteiger partial charge in [0.2, 0.25) is 5.96 Å². The van der Waals surface area contributed by atoms with Gasteiger partial charge in [-0.05, 0) is 43.2 Å². The van der Waals surface area contributed by atoms with Gasteiger partial charge in [0, 0.05) is 26.4 Å². The molecule has 0 saturated heterocycles. The fourth-order valence-electron chi connectivity index (χ4n) is 3.72. The molecule has 1 aromatic heterocycles. The van der Waals surface area contributed by atoms with E-state index in [2.05, 4.69) is 4.90 Å². The van der Waals surface area contributed by atoms with Crippen LogP contribution in [0.3, 0.4) is 0 Å². The largest absolute Gasteiger partial charge is 0.469 e. The summed E-state index contributed by atoms with van der Waals surface area (Å²) in [4.78, 5) is 22.0. The molecular weight excluding hydrogens is 374 g/mol. The maximum Gasteiger partial charge on any atom is 0.259 e. The van der Waals surface area contributed by atoms with Crippen molar-refractivity contribution in [2.24, 2.45) is 4.99 Å². The van der Waals surface area contributed by atoms with Crippen LogP contribution >= 0.6 is 0 Å². The smallest absolute Gasteiger partial charge is 0.259 e. The molecule has 5 heteroatoms. The standard InChI is InChI=1S/C25H27N3O2/c1-19-12-14-21(15-13-19)28-24(29)23(18-20-8-4-3-5-9-20)26-25(28)27(2)16-6-10-22-11-7-17-30-22/h3-5,7-9,11-15,17,23H,6,10,16,18H2,1-2H3. The lowest BCUT2D eigenvalue weighted by Gasteiger charge is -2.26. The Morgan fingerprint density at radius 2 is 1.80 bits per heavy atom. The van der Waals surface area contributed by atoms with E-state index in [4.69, 9.17) is 9.41 Å². The molecule has 1 amide bonds. The molecule has 0 fully saturated rings. The average Bonchev–Trinajstić information content (AvgIpc) is 3.38. The van der Waals surface area contributed by atoms with Gasteiger partial charge in [0.1, 0.15) is 11.8 Å². The number of hydrogen-bond acceptors (Lipinski definition) is 4. The van der Waals surface area contributed by atoms with Crippen LogP contribution in [0.1, 0.15) is 23.3 Å². The molecule has 1 aliphatic rings. The van der Waals surface area contributed by atoms with Crippen molar-refractivity contribution >= 4 is 17.6 Å². The first-order valence-corrected chi connectivity index (χ1v) is 10.4. The summed E-state index contributed by atoms with van der Waals surface area (Å²) < 4.78 is 5.43. The summed E-state index contributed by atoms with van der Waals surface area (Å²) >= 11 is 0. The van der Waals surface area contributed by atoms with Gasteiger partial charge < -0.3 is 9.32 Å². The zero-order valence-corrected chi connectivity index (χ0v) is 17.5. The van der Waals surface area contributed by atoms with Crippen molar-refractivity contribution < 1.29 is 9.21 Å². The van der Waals surface area contributed by atoms with E-state index in [1.807, 2.05) is 80.7 Å². The molecule has 154 valence electrons. The number of carbonyl (C=O) groups is 1.